The summed E-state index contributed by atoms with van der Waals surface area (Å²) in [6.07, 6.45) is 1.96. The predicted octanol–water partition coefficient (Wildman–Crippen LogP) is 0.543. The first-order valence-corrected chi connectivity index (χ1v) is 4.35. The SMILES string of the molecule is C=CC(=O)OC(CC)(CO)OC(=O)C=C. The van der Waals surface area contributed by atoms with E-state index >= 15 is 0 Å². The van der Waals surface area contributed by atoms with Gasteiger partial charge in [0.1, 0.15) is 6.61 Å². The molecule has 0 atom stereocenters. The van der Waals surface area contributed by atoms with E-state index < -0.39 is 24.3 Å². The molecule has 0 heterocycles. The van der Waals surface area contributed by atoms with Crippen molar-refractivity contribution in [2.24, 2.45) is 0 Å². The van der Waals surface area contributed by atoms with Crippen LogP contribution >= 0.6 is 0 Å². The van der Waals surface area contributed by atoms with Crippen LogP contribution in [0.15, 0.2) is 25.3 Å². The van der Waals surface area contributed by atoms with Crippen molar-refractivity contribution in [1.82, 2.24) is 0 Å². The van der Waals surface area contributed by atoms with Gasteiger partial charge in [-0.15, -0.1) is 0 Å². The molecule has 0 rings (SSSR count). The van der Waals surface area contributed by atoms with Crippen molar-refractivity contribution in [2.75, 3.05) is 6.61 Å². The monoisotopic (exact) mass is 214 g/mol. The lowest BCUT2D eigenvalue weighted by Crippen LogP contribution is -2.42. The van der Waals surface area contributed by atoms with Gasteiger partial charge in [-0.3, -0.25) is 0 Å². The zero-order chi connectivity index (χ0) is 11.9. The van der Waals surface area contributed by atoms with Gasteiger partial charge in [-0.1, -0.05) is 20.1 Å². The first-order chi connectivity index (χ1) is 7.03. The number of aliphatic hydroxyl groups is 1. The Bertz CT molecular complexity index is 241. The third-order valence-electron chi connectivity index (χ3n) is 1.69. The third-order valence-corrected chi connectivity index (χ3v) is 1.69. The summed E-state index contributed by atoms with van der Waals surface area (Å²) in [4.78, 5) is 21.9. The summed E-state index contributed by atoms with van der Waals surface area (Å²) in [6.45, 7) is 7.37. The van der Waals surface area contributed by atoms with Crippen molar-refractivity contribution in [1.29, 1.82) is 0 Å². The minimum absolute atomic E-state index is 0.128. The molecule has 1 N–H and O–H groups in total. The van der Waals surface area contributed by atoms with Crippen molar-refractivity contribution in [3.8, 4) is 0 Å². The van der Waals surface area contributed by atoms with Crippen molar-refractivity contribution in [2.45, 2.75) is 19.1 Å². The van der Waals surface area contributed by atoms with E-state index in [4.69, 9.17) is 14.6 Å². The lowest BCUT2D eigenvalue weighted by Gasteiger charge is -2.28. The van der Waals surface area contributed by atoms with Crippen molar-refractivity contribution in [3.63, 3.8) is 0 Å². The average molecular weight is 214 g/mol. The number of rotatable bonds is 6. The van der Waals surface area contributed by atoms with Gasteiger partial charge < -0.3 is 14.6 Å². The Morgan fingerprint density at radius 1 is 1.27 bits per heavy atom. The molecule has 0 aliphatic rings. The van der Waals surface area contributed by atoms with E-state index in [2.05, 4.69) is 13.2 Å². The molecule has 0 saturated carbocycles. The highest BCUT2D eigenvalue weighted by atomic mass is 16.7. The first-order valence-electron chi connectivity index (χ1n) is 4.35. The molecule has 5 heteroatoms. The third kappa shape index (κ3) is 3.95. The molecule has 0 bridgehead atoms. The fourth-order valence-electron chi connectivity index (χ4n) is 0.792. The molecule has 0 aromatic rings. The maximum absolute atomic E-state index is 10.9. The van der Waals surface area contributed by atoms with Gasteiger partial charge in [0.2, 0.25) is 0 Å². The Balaban J connectivity index is 4.70. The van der Waals surface area contributed by atoms with E-state index in [9.17, 15) is 9.59 Å². The number of esters is 2. The van der Waals surface area contributed by atoms with Crippen LogP contribution in [0.1, 0.15) is 13.3 Å². The lowest BCUT2D eigenvalue weighted by molar-refractivity contribution is -0.235. The minimum atomic E-state index is -1.66. The molecule has 5 nitrogen and oxygen atoms in total. The van der Waals surface area contributed by atoms with Crippen molar-refractivity contribution >= 4 is 11.9 Å². The molecular formula is C10H14O5. The Morgan fingerprint density at radius 2 is 1.67 bits per heavy atom. The van der Waals surface area contributed by atoms with Crippen molar-refractivity contribution < 1.29 is 24.2 Å². The summed E-state index contributed by atoms with van der Waals surface area (Å²) in [6, 6.07) is 0. The van der Waals surface area contributed by atoms with Gasteiger partial charge in [0.25, 0.3) is 5.79 Å². The molecule has 0 unspecified atom stereocenters. The van der Waals surface area contributed by atoms with Crippen LogP contribution in [0, 0.1) is 0 Å². The number of hydrogen-bond donors (Lipinski definition) is 1. The highest BCUT2D eigenvalue weighted by Crippen LogP contribution is 2.18. The van der Waals surface area contributed by atoms with Crippen LogP contribution in [0.4, 0.5) is 0 Å². The highest BCUT2D eigenvalue weighted by Gasteiger charge is 2.35. The number of aliphatic hydroxyl groups excluding tert-OH is 1. The van der Waals surface area contributed by atoms with E-state index in [1.165, 1.54) is 0 Å². The maximum Gasteiger partial charge on any atom is 0.333 e. The van der Waals surface area contributed by atoms with Crippen LogP contribution in [0.5, 0.6) is 0 Å². The van der Waals surface area contributed by atoms with Crippen molar-refractivity contribution in [3.05, 3.63) is 25.3 Å². The molecule has 15 heavy (non-hydrogen) atoms. The molecule has 0 aliphatic carbocycles. The summed E-state index contributed by atoms with van der Waals surface area (Å²) in [5.41, 5.74) is 0. The molecule has 0 aromatic heterocycles. The summed E-state index contributed by atoms with van der Waals surface area (Å²) < 4.78 is 9.52. The fourth-order valence-corrected chi connectivity index (χ4v) is 0.792. The van der Waals surface area contributed by atoms with Gasteiger partial charge in [-0.2, -0.15) is 0 Å². The van der Waals surface area contributed by atoms with E-state index in [1.807, 2.05) is 0 Å². The largest absolute Gasteiger partial charge is 0.417 e. The second-order valence-corrected chi connectivity index (χ2v) is 2.67. The molecular weight excluding hydrogens is 200 g/mol. The highest BCUT2D eigenvalue weighted by molar-refractivity contribution is 5.83. The Kier molecular flexibility index (Phi) is 5.33. The number of carbonyl (C=O) groups excluding carboxylic acids is 2. The number of ether oxygens (including phenoxy) is 2. The smallest absolute Gasteiger partial charge is 0.333 e. The number of carbonyl (C=O) groups is 2. The molecule has 0 aromatic carbocycles. The fraction of sp³-hybridized carbons (Fsp3) is 0.400. The Hall–Kier alpha value is -1.62. The zero-order valence-electron chi connectivity index (χ0n) is 8.56. The van der Waals surface area contributed by atoms with Crippen LogP contribution in [-0.4, -0.2) is 29.4 Å². The lowest BCUT2D eigenvalue weighted by atomic mass is 10.2. The molecule has 0 spiro atoms. The van der Waals surface area contributed by atoms with Gasteiger partial charge in [0.15, 0.2) is 0 Å². The minimum Gasteiger partial charge on any atom is -0.417 e. The Morgan fingerprint density at radius 3 is 1.87 bits per heavy atom. The molecule has 0 fully saturated rings. The van der Waals surface area contributed by atoms with Crippen LogP contribution in [0.2, 0.25) is 0 Å². The van der Waals surface area contributed by atoms with Crippen LogP contribution in [0.3, 0.4) is 0 Å². The summed E-state index contributed by atoms with van der Waals surface area (Å²) in [5.74, 6) is -3.21. The van der Waals surface area contributed by atoms with Crippen LogP contribution in [0.25, 0.3) is 0 Å². The summed E-state index contributed by atoms with van der Waals surface area (Å²) in [5, 5.41) is 9.04. The summed E-state index contributed by atoms with van der Waals surface area (Å²) in [7, 11) is 0. The summed E-state index contributed by atoms with van der Waals surface area (Å²) >= 11 is 0. The van der Waals surface area contributed by atoms with Crippen LogP contribution < -0.4 is 0 Å². The van der Waals surface area contributed by atoms with Gasteiger partial charge in [0, 0.05) is 18.6 Å². The normalized spacial score (nSPS) is 10.3. The second kappa shape index (κ2) is 5.98. The van der Waals surface area contributed by atoms with E-state index in [0.29, 0.717) is 0 Å². The number of hydrogen-bond acceptors (Lipinski definition) is 5. The van der Waals surface area contributed by atoms with Gasteiger partial charge >= 0.3 is 11.9 Å². The quantitative estimate of drug-likeness (QED) is 0.397. The zero-order valence-corrected chi connectivity index (χ0v) is 8.56. The van der Waals surface area contributed by atoms with Gasteiger partial charge in [-0.05, 0) is 0 Å². The maximum atomic E-state index is 10.9. The van der Waals surface area contributed by atoms with E-state index in [1.54, 1.807) is 6.92 Å². The van der Waals surface area contributed by atoms with Crippen LogP contribution in [-0.2, 0) is 19.1 Å². The van der Waals surface area contributed by atoms with Gasteiger partial charge in [0.05, 0.1) is 0 Å². The Labute approximate surface area is 88.0 Å². The van der Waals surface area contributed by atoms with E-state index in [-0.39, 0.29) is 6.42 Å². The standard InChI is InChI=1S/C10H14O5/c1-4-8(12)14-10(6-3,7-11)15-9(13)5-2/h4-5,11H,1-2,6-7H2,3H3. The molecule has 0 radical (unpaired) electrons. The predicted molar refractivity (Wildman–Crippen MR) is 52.7 cm³/mol. The molecule has 84 valence electrons. The first kappa shape index (κ1) is 13.4. The second-order valence-electron chi connectivity index (χ2n) is 2.67. The topological polar surface area (TPSA) is 72.8 Å². The molecule has 0 saturated heterocycles. The molecule has 0 amide bonds. The molecule has 0 aliphatic heterocycles. The van der Waals surface area contributed by atoms with E-state index in [0.717, 1.165) is 12.2 Å². The average Bonchev–Trinajstić information content (AvgIpc) is 2.27. The van der Waals surface area contributed by atoms with Gasteiger partial charge in [-0.25, -0.2) is 9.59 Å².